The number of carbonyl (C=O) groups excluding carboxylic acids is 1. The van der Waals surface area contributed by atoms with Gasteiger partial charge in [0, 0.05) is 48.8 Å². The van der Waals surface area contributed by atoms with Crippen LogP contribution >= 0.6 is 15.9 Å². The van der Waals surface area contributed by atoms with Crippen LogP contribution in [0.2, 0.25) is 0 Å². The zero-order chi connectivity index (χ0) is 25.2. The predicted molar refractivity (Wildman–Crippen MR) is 145 cm³/mol. The molecule has 1 amide bonds. The summed E-state index contributed by atoms with van der Waals surface area (Å²) < 4.78 is 1.01. The maximum Gasteiger partial charge on any atom is 0.231 e. The van der Waals surface area contributed by atoms with Crippen LogP contribution < -0.4 is 10.2 Å². The van der Waals surface area contributed by atoms with E-state index < -0.39 is 6.10 Å². The minimum Gasteiger partial charge on any atom is -0.387 e. The molecule has 5 rings (SSSR count). The van der Waals surface area contributed by atoms with Crippen molar-refractivity contribution in [2.75, 3.05) is 37.6 Å². The lowest BCUT2D eigenvalue weighted by atomic mass is 9.90. The third-order valence-corrected chi connectivity index (χ3v) is 8.50. The fourth-order valence-corrected chi connectivity index (χ4v) is 6.23. The van der Waals surface area contributed by atoms with E-state index in [-0.39, 0.29) is 17.7 Å². The highest BCUT2D eigenvalue weighted by atomic mass is 79.9. The first-order valence-electron chi connectivity index (χ1n) is 13.1. The number of aromatic nitrogens is 2. The summed E-state index contributed by atoms with van der Waals surface area (Å²) in [5, 5.41) is 14.0. The first-order chi connectivity index (χ1) is 17.4. The molecule has 2 aromatic rings. The van der Waals surface area contributed by atoms with E-state index in [1.165, 1.54) is 5.57 Å². The summed E-state index contributed by atoms with van der Waals surface area (Å²) in [6, 6.07) is 8.54. The summed E-state index contributed by atoms with van der Waals surface area (Å²) in [7, 11) is 0. The number of hydrogen-bond donors (Lipinski definition) is 2. The van der Waals surface area contributed by atoms with Crippen LogP contribution in [0, 0.1) is 0 Å². The fourth-order valence-electron chi connectivity index (χ4n) is 5.97. The Morgan fingerprint density at radius 3 is 2.69 bits per heavy atom. The summed E-state index contributed by atoms with van der Waals surface area (Å²) >= 11 is 3.52. The SMILES string of the molecule is C=C1CCCC(NC[C@@H](C(=O)N2CCN(c3ncnc4c3[C@H](C)C[C@H]4O)CC2)c2ccc(Br)cc2)C1. The van der Waals surface area contributed by atoms with Crippen LogP contribution in [0.5, 0.6) is 0 Å². The van der Waals surface area contributed by atoms with Gasteiger partial charge in [-0.2, -0.15) is 0 Å². The number of piperazine rings is 1. The summed E-state index contributed by atoms with van der Waals surface area (Å²) in [6.07, 6.45) is 6.14. The number of aliphatic hydroxyl groups excluding tert-OH is 1. The molecule has 1 saturated heterocycles. The van der Waals surface area contributed by atoms with Crippen LogP contribution in [0.15, 0.2) is 47.2 Å². The van der Waals surface area contributed by atoms with Crippen LogP contribution in [0.1, 0.15) is 73.8 Å². The Kier molecular flexibility index (Phi) is 7.74. The van der Waals surface area contributed by atoms with Gasteiger partial charge in [-0.05, 0) is 55.7 Å². The van der Waals surface area contributed by atoms with Gasteiger partial charge in [-0.3, -0.25) is 4.79 Å². The molecule has 192 valence electrons. The zero-order valence-corrected chi connectivity index (χ0v) is 22.6. The number of carbonyl (C=O) groups is 1. The Hall–Kier alpha value is -2.29. The van der Waals surface area contributed by atoms with Crippen molar-refractivity contribution in [3.63, 3.8) is 0 Å². The van der Waals surface area contributed by atoms with Crippen molar-refractivity contribution < 1.29 is 9.90 Å². The number of nitrogens with zero attached hydrogens (tertiary/aromatic N) is 4. The van der Waals surface area contributed by atoms with E-state index in [9.17, 15) is 9.90 Å². The second-order valence-corrected chi connectivity index (χ2v) is 11.4. The van der Waals surface area contributed by atoms with Crippen molar-refractivity contribution in [1.29, 1.82) is 0 Å². The van der Waals surface area contributed by atoms with Gasteiger partial charge in [0.1, 0.15) is 12.1 Å². The van der Waals surface area contributed by atoms with E-state index in [0.717, 1.165) is 65.9 Å². The molecule has 1 unspecified atom stereocenters. The van der Waals surface area contributed by atoms with Gasteiger partial charge in [0.05, 0.1) is 17.7 Å². The van der Waals surface area contributed by atoms with Gasteiger partial charge in [-0.15, -0.1) is 0 Å². The average molecular weight is 555 g/mol. The molecule has 1 aromatic heterocycles. The van der Waals surface area contributed by atoms with Crippen LogP contribution in [0.4, 0.5) is 5.82 Å². The molecular weight excluding hydrogens is 518 g/mol. The molecule has 36 heavy (non-hydrogen) atoms. The summed E-state index contributed by atoms with van der Waals surface area (Å²) in [5.41, 5.74) is 4.18. The van der Waals surface area contributed by atoms with E-state index in [4.69, 9.17) is 0 Å². The van der Waals surface area contributed by atoms with E-state index in [1.807, 2.05) is 17.0 Å². The highest BCUT2D eigenvalue weighted by Gasteiger charge is 2.35. The van der Waals surface area contributed by atoms with E-state index in [0.29, 0.717) is 32.1 Å². The highest BCUT2D eigenvalue weighted by Crippen LogP contribution is 2.42. The lowest BCUT2D eigenvalue weighted by Gasteiger charge is -2.38. The van der Waals surface area contributed by atoms with E-state index >= 15 is 0 Å². The van der Waals surface area contributed by atoms with Crippen molar-refractivity contribution in [2.24, 2.45) is 0 Å². The number of hydrogen-bond acceptors (Lipinski definition) is 6. The predicted octanol–water partition coefficient (Wildman–Crippen LogP) is 4.30. The lowest BCUT2D eigenvalue weighted by molar-refractivity contribution is -0.133. The topological polar surface area (TPSA) is 81.6 Å². The average Bonchev–Trinajstić information content (AvgIpc) is 3.18. The van der Waals surface area contributed by atoms with Gasteiger partial charge >= 0.3 is 0 Å². The summed E-state index contributed by atoms with van der Waals surface area (Å²) in [4.78, 5) is 27.0. The Bertz CT molecular complexity index is 1100. The molecule has 0 spiro atoms. The Morgan fingerprint density at radius 1 is 1.22 bits per heavy atom. The van der Waals surface area contributed by atoms with Gasteiger partial charge in [-0.25, -0.2) is 9.97 Å². The number of fused-ring (bicyclic) bond motifs is 1. The largest absolute Gasteiger partial charge is 0.387 e. The second kappa shape index (κ2) is 11.0. The van der Waals surface area contributed by atoms with Gasteiger partial charge in [0.2, 0.25) is 5.91 Å². The fraction of sp³-hybridized carbons (Fsp3) is 0.536. The van der Waals surface area contributed by atoms with Crippen LogP contribution in [0.25, 0.3) is 0 Å². The molecule has 8 heteroatoms. The van der Waals surface area contributed by atoms with Gasteiger partial charge < -0.3 is 20.2 Å². The van der Waals surface area contributed by atoms with Crippen molar-refractivity contribution in [3.8, 4) is 0 Å². The first-order valence-corrected chi connectivity index (χ1v) is 13.9. The van der Waals surface area contributed by atoms with Crippen LogP contribution in [0.3, 0.4) is 0 Å². The smallest absolute Gasteiger partial charge is 0.231 e. The van der Waals surface area contributed by atoms with Crippen molar-refractivity contribution >= 4 is 27.7 Å². The number of anilines is 1. The number of aliphatic hydroxyl groups is 1. The maximum absolute atomic E-state index is 13.8. The molecule has 2 heterocycles. The van der Waals surface area contributed by atoms with Crippen molar-refractivity contribution in [3.05, 3.63) is 64.0 Å². The number of amides is 1. The van der Waals surface area contributed by atoms with Crippen molar-refractivity contribution in [1.82, 2.24) is 20.2 Å². The molecule has 2 N–H and O–H groups in total. The molecule has 1 aromatic carbocycles. The van der Waals surface area contributed by atoms with Crippen LogP contribution in [-0.4, -0.2) is 64.6 Å². The van der Waals surface area contributed by atoms with Gasteiger partial charge in [0.25, 0.3) is 0 Å². The van der Waals surface area contributed by atoms with E-state index in [2.05, 4.69) is 61.8 Å². The highest BCUT2D eigenvalue weighted by molar-refractivity contribution is 9.10. The minimum atomic E-state index is -0.514. The molecule has 0 bridgehead atoms. The Morgan fingerprint density at radius 2 is 1.97 bits per heavy atom. The zero-order valence-electron chi connectivity index (χ0n) is 21.0. The number of halogens is 1. The van der Waals surface area contributed by atoms with Gasteiger partial charge in [-0.1, -0.05) is 47.1 Å². The monoisotopic (exact) mass is 553 g/mol. The Labute approximate surface area is 222 Å². The normalized spacial score (nSPS) is 25.1. The third-order valence-electron chi connectivity index (χ3n) is 7.97. The quantitative estimate of drug-likeness (QED) is 0.519. The maximum atomic E-state index is 13.8. The van der Waals surface area contributed by atoms with E-state index in [1.54, 1.807) is 6.33 Å². The van der Waals surface area contributed by atoms with Crippen molar-refractivity contribution in [2.45, 2.75) is 63.0 Å². The number of nitrogens with one attached hydrogen (secondary N) is 1. The Balaban J connectivity index is 1.27. The summed E-state index contributed by atoms with van der Waals surface area (Å²) in [5.74, 6) is 1.10. The van der Waals surface area contributed by atoms with Gasteiger partial charge in [0.15, 0.2) is 0 Å². The lowest BCUT2D eigenvalue weighted by Crippen LogP contribution is -2.51. The second-order valence-electron chi connectivity index (χ2n) is 10.5. The first kappa shape index (κ1) is 25.4. The molecule has 0 radical (unpaired) electrons. The molecule has 3 aliphatic rings. The third kappa shape index (κ3) is 5.36. The minimum absolute atomic E-state index is 0.177. The van der Waals surface area contributed by atoms with Crippen LogP contribution in [-0.2, 0) is 4.79 Å². The molecular formula is C28H36BrN5O2. The number of benzene rings is 1. The molecule has 1 aliphatic heterocycles. The molecule has 1 saturated carbocycles. The number of rotatable bonds is 6. The standard InChI is InChI=1S/C28H36BrN5O2/c1-18-4-3-5-22(14-18)30-16-23(20-6-8-21(29)9-7-20)28(36)34-12-10-33(11-13-34)27-25-19(2)15-24(35)26(25)31-17-32-27/h6-9,17,19,22-24,30,35H,1,3-5,10-16H2,2H3/t19-,22?,23-,24-/m1/s1. The molecule has 4 atom stereocenters. The molecule has 2 fully saturated rings. The molecule has 7 nitrogen and oxygen atoms in total. The summed E-state index contributed by atoms with van der Waals surface area (Å²) in [6.45, 7) is 9.69. The molecule has 2 aliphatic carbocycles.